The molecule has 0 aliphatic rings. The van der Waals surface area contributed by atoms with E-state index in [-0.39, 0.29) is 17.6 Å². The van der Waals surface area contributed by atoms with Crippen LogP contribution < -0.4 is 5.32 Å². The number of nitrogens with one attached hydrogen (secondary N) is 1. The third-order valence-electron chi connectivity index (χ3n) is 3.28. The summed E-state index contributed by atoms with van der Waals surface area (Å²) in [6, 6.07) is 2.57. The zero-order chi connectivity index (χ0) is 16.4. The monoisotopic (exact) mass is 309 g/mol. The van der Waals surface area contributed by atoms with Crippen LogP contribution in [-0.4, -0.2) is 24.5 Å². The van der Waals surface area contributed by atoms with E-state index in [1.165, 1.54) is 6.26 Å². The summed E-state index contributed by atoms with van der Waals surface area (Å²) in [5.41, 5.74) is 0. The van der Waals surface area contributed by atoms with E-state index in [0.717, 1.165) is 25.7 Å². The van der Waals surface area contributed by atoms with Crippen LogP contribution in [0.15, 0.2) is 22.8 Å². The fourth-order valence-electron chi connectivity index (χ4n) is 2.12. The van der Waals surface area contributed by atoms with Gasteiger partial charge in [0.25, 0.3) is 5.91 Å². The lowest BCUT2D eigenvalue weighted by molar-refractivity contribution is -0.146. The molecule has 0 aliphatic carbocycles. The van der Waals surface area contributed by atoms with E-state index in [0.29, 0.717) is 13.0 Å². The van der Waals surface area contributed by atoms with Gasteiger partial charge < -0.3 is 14.5 Å². The van der Waals surface area contributed by atoms with E-state index in [1.807, 2.05) is 13.8 Å². The Labute approximate surface area is 132 Å². The molecular formula is C17H27NO4. The predicted molar refractivity (Wildman–Crippen MR) is 84.5 cm³/mol. The zero-order valence-corrected chi connectivity index (χ0v) is 13.8. The number of carbonyl (C=O) groups is 2. The van der Waals surface area contributed by atoms with E-state index < -0.39 is 11.9 Å². The molecule has 5 nitrogen and oxygen atoms in total. The molecule has 1 aromatic rings. The number of rotatable bonds is 10. The van der Waals surface area contributed by atoms with E-state index in [1.54, 1.807) is 12.1 Å². The second kappa shape index (κ2) is 10.0. The van der Waals surface area contributed by atoms with Gasteiger partial charge in [-0.2, -0.15) is 0 Å². The third kappa shape index (κ3) is 6.78. The molecule has 0 saturated carbocycles. The van der Waals surface area contributed by atoms with Gasteiger partial charge in [-0.3, -0.25) is 4.79 Å². The van der Waals surface area contributed by atoms with Crippen LogP contribution in [0.25, 0.3) is 0 Å². The molecule has 124 valence electrons. The van der Waals surface area contributed by atoms with Crippen molar-refractivity contribution in [3.05, 3.63) is 24.2 Å². The minimum Gasteiger partial charge on any atom is -0.464 e. The Morgan fingerprint density at radius 1 is 1.27 bits per heavy atom. The number of esters is 1. The normalized spacial score (nSPS) is 12.2. The van der Waals surface area contributed by atoms with Gasteiger partial charge in [0.1, 0.15) is 6.04 Å². The maximum absolute atomic E-state index is 12.1. The van der Waals surface area contributed by atoms with Crippen LogP contribution in [0.2, 0.25) is 0 Å². The number of furan rings is 1. The van der Waals surface area contributed by atoms with Crippen LogP contribution in [0, 0.1) is 5.92 Å². The van der Waals surface area contributed by atoms with Gasteiger partial charge in [-0.25, -0.2) is 4.79 Å². The van der Waals surface area contributed by atoms with Crippen LogP contribution in [0.1, 0.15) is 63.4 Å². The fraction of sp³-hybridized carbons (Fsp3) is 0.647. The first-order valence-corrected chi connectivity index (χ1v) is 8.05. The number of amides is 1. The molecule has 1 rings (SSSR count). The molecule has 1 atom stereocenters. The maximum Gasteiger partial charge on any atom is 0.328 e. The van der Waals surface area contributed by atoms with Gasteiger partial charge in [-0.15, -0.1) is 0 Å². The van der Waals surface area contributed by atoms with E-state index in [2.05, 4.69) is 12.2 Å². The van der Waals surface area contributed by atoms with Crippen molar-refractivity contribution in [1.82, 2.24) is 5.32 Å². The minimum atomic E-state index is -0.635. The Bertz CT molecular complexity index is 440. The van der Waals surface area contributed by atoms with Crippen LogP contribution >= 0.6 is 0 Å². The van der Waals surface area contributed by atoms with Gasteiger partial charge in [0.15, 0.2) is 5.76 Å². The summed E-state index contributed by atoms with van der Waals surface area (Å²) < 4.78 is 10.3. The Kier molecular flexibility index (Phi) is 8.33. The highest BCUT2D eigenvalue weighted by Crippen LogP contribution is 2.09. The van der Waals surface area contributed by atoms with Crippen molar-refractivity contribution in [3.63, 3.8) is 0 Å². The predicted octanol–water partition coefficient (Wildman–Crippen LogP) is 3.55. The summed E-state index contributed by atoms with van der Waals surface area (Å²) in [6.45, 7) is 6.54. The lowest BCUT2D eigenvalue weighted by Crippen LogP contribution is -2.42. The second-order valence-corrected chi connectivity index (χ2v) is 5.86. The molecule has 0 bridgehead atoms. The highest BCUT2D eigenvalue weighted by molar-refractivity contribution is 5.94. The first-order chi connectivity index (χ1) is 10.5. The number of carbonyl (C=O) groups excluding carboxylic acids is 2. The molecule has 1 aromatic heterocycles. The lowest BCUT2D eigenvalue weighted by Gasteiger charge is -2.18. The zero-order valence-electron chi connectivity index (χ0n) is 13.8. The SMILES string of the molecule is CCCCCCOC(=O)C(CC(C)C)NC(=O)c1ccco1. The first-order valence-electron chi connectivity index (χ1n) is 8.05. The first kappa shape index (κ1) is 18.3. The van der Waals surface area contributed by atoms with E-state index in [4.69, 9.17) is 9.15 Å². The van der Waals surface area contributed by atoms with Gasteiger partial charge in [-0.05, 0) is 30.9 Å². The average Bonchev–Trinajstić information content (AvgIpc) is 3.00. The summed E-state index contributed by atoms with van der Waals surface area (Å²) in [6.07, 6.45) is 6.17. The summed E-state index contributed by atoms with van der Waals surface area (Å²) in [5, 5.41) is 2.70. The number of ether oxygens (including phenoxy) is 1. The average molecular weight is 309 g/mol. The molecular weight excluding hydrogens is 282 g/mol. The molecule has 1 amide bonds. The summed E-state index contributed by atoms with van der Waals surface area (Å²) in [4.78, 5) is 24.2. The number of unbranched alkanes of at least 4 members (excludes halogenated alkanes) is 3. The molecule has 0 spiro atoms. The van der Waals surface area contributed by atoms with Crippen molar-refractivity contribution in [1.29, 1.82) is 0 Å². The molecule has 1 N–H and O–H groups in total. The molecule has 5 heteroatoms. The van der Waals surface area contributed by atoms with Crippen molar-refractivity contribution in [2.24, 2.45) is 5.92 Å². The summed E-state index contributed by atoms with van der Waals surface area (Å²) in [7, 11) is 0. The maximum atomic E-state index is 12.1. The van der Waals surface area contributed by atoms with Crippen molar-refractivity contribution >= 4 is 11.9 Å². The minimum absolute atomic E-state index is 0.199. The fourth-order valence-corrected chi connectivity index (χ4v) is 2.12. The number of hydrogen-bond acceptors (Lipinski definition) is 4. The molecule has 22 heavy (non-hydrogen) atoms. The lowest BCUT2D eigenvalue weighted by atomic mass is 10.0. The Morgan fingerprint density at radius 3 is 2.64 bits per heavy atom. The van der Waals surface area contributed by atoms with E-state index in [9.17, 15) is 9.59 Å². The van der Waals surface area contributed by atoms with Crippen molar-refractivity contribution in [2.45, 2.75) is 58.9 Å². The van der Waals surface area contributed by atoms with E-state index >= 15 is 0 Å². The molecule has 0 aromatic carbocycles. The van der Waals surface area contributed by atoms with Gasteiger partial charge in [-0.1, -0.05) is 40.0 Å². The highest BCUT2D eigenvalue weighted by Gasteiger charge is 2.24. The molecule has 1 heterocycles. The second-order valence-electron chi connectivity index (χ2n) is 5.86. The van der Waals surface area contributed by atoms with Crippen LogP contribution in [0.5, 0.6) is 0 Å². The molecule has 1 unspecified atom stereocenters. The van der Waals surface area contributed by atoms with Crippen molar-refractivity contribution in [2.75, 3.05) is 6.61 Å². The summed E-state index contributed by atoms with van der Waals surface area (Å²) in [5.74, 6) is -0.289. The molecule has 0 saturated heterocycles. The topological polar surface area (TPSA) is 68.5 Å². The van der Waals surface area contributed by atoms with Crippen LogP contribution in [0.4, 0.5) is 0 Å². The Hall–Kier alpha value is -1.78. The summed E-state index contributed by atoms with van der Waals surface area (Å²) >= 11 is 0. The van der Waals surface area contributed by atoms with Gasteiger partial charge in [0.2, 0.25) is 0 Å². The van der Waals surface area contributed by atoms with Crippen LogP contribution in [0.3, 0.4) is 0 Å². The highest BCUT2D eigenvalue weighted by atomic mass is 16.5. The van der Waals surface area contributed by atoms with Crippen molar-refractivity contribution in [3.8, 4) is 0 Å². The molecule has 0 fully saturated rings. The van der Waals surface area contributed by atoms with Gasteiger partial charge in [0.05, 0.1) is 12.9 Å². The largest absolute Gasteiger partial charge is 0.464 e. The Morgan fingerprint density at radius 2 is 2.05 bits per heavy atom. The van der Waals surface area contributed by atoms with Crippen LogP contribution in [-0.2, 0) is 9.53 Å². The Balaban J connectivity index is 2.48. The molecule has 0 radical (unpaired) electrons. The smallest absolute Gasteiger partial charge is 0.328 e. The van der Waals surface area contributed by atoms with Gasteiger partial charge in [0, 0.05) is 0 Å². The third-order valence-corrected chi connectivity index (χ3v) is 3.28. The van der Waals surface area contributed by atoms with Gasteiger partial charge >= 0.3 is 5.97 Å². The number of hydrogen-bond donors (Lipinski definition) is 1. The molecule has 0 aliphatic heterocycles. The van der Waals surface area contributed by atoms with Crippen molar-refractivity contribution < 1.29 is 18.7 Å². The standard InChI is InChI=1S/C17H27NO4/c1-4-5-6-7-10-22-17(20)14(12-13(2)3)18-16(19)15-9-8-11-21-15/h8-9,11,13-14H,4-7,10,12H2,1-3H3,(H,18,19). The quantitative estimate of drug-likeness (QED) is 0.530.